The van der Waals surface area contributed by atoms with Crippen LogP contribution in [0.5, 0.6) is 0 Å². The first-order valence-electron chi connectivity index (χ1n) is 6.60. The molecule has 1 aliphatic rings. The number of nitrogens with two attached hydrogens (primary N) is 1. The lowest BCUT2D eigenvalue weighted by atomic mass is 9.98. The Balaban J connectivity index is 0.00000200. The van der Waals surface area contributed by atoms with Crippen LogP contribution in [0.3, 0.4) is 0 Å². The molecule has 0 radical (unpaired) electrons. The maximum Gasteiger partial charge on any atom is 0.241 e. The van der Waals surface area contributed by atoms with E-state index in [0.29, 0.717) is 17.4 Å². The van der Waals surface area contributed by atoms with Gasteiger partial charge in [-0.25, -0.2) is 13.1 Å². The number of halogens is 1. The molecule has 0 heterocycles. The van der Waals surface area contributed by atoms with Gasteiger partial charge in [0, 0.05) is 12.1 Å². The lowest BCUT2D eigenvalue weighted by Crippen LogP contribution is -2.53. The molecule has 1 aromatic rings. The molecule has 1 fully saturated rings. The van der Waals surface area contributed by atoms with Crippen molar-refractivity contribution in [3.8, 4) is 0 Å². The molecule has 1 aromatic carbocycles. The van der Waals surface area contributed by atoms with E-state index in [9.17, 15) is 8.42 Å². The molecule has 0 saturated heterocycles. The molecule has 0 spiro atoms. The normalized spacial score (nSPS) is 18.2. The van der Waals surface area contributed by atoms with Crippen molar-refractivity contribution < 1.29 is 8.42 Å². The number of hydrogen-bond acceptors (Lipinski definition) is 3. The fraction of sp³-hybridized carbons (Fsp3) is 0.571. The van der Waals surface area contributed by atoms with Crippen LogP contribution < -0.4 is 10.5 Å². The third-order valence-electron chi connectivity index (χ3n) is 3.89. The van der Waals surface area contributed by atoms with Crippen LogP contribution in [-0.4, -0.2) is 20.5 Å². The standard InChI is InChI=1S/C14H22N2O2S.ClH/c1-10-4-7-13(11(2)8-10)19(17,18)16-14(3,9-15)12-5-6-12;/h4,7-8,12,16H,5-6,9,15H2,1-3H3;1H. The topological polar surface area (TPSA) is 72.2 Å². The van der Waals surface area contributed by atoms with Gasteiger partial charge >= 0.3 is 0 Å². The highest BCUT2D eigenvalue weighted by atomic mass is 35.5. The van der Waals surface area contributed by atoms with Gasteiger partial charge in [-0.15, -0.1) is 12.4 Å². The molecule has 1 saturated carbocycles. The summed E-state index contributed by atoms with van der Waals surface area (Å²) in [5.74, 6) is 0.359. The van der Waals surface area contributed by atoms with E-state index in [2.05, 4.69) is 4.72 Å². The van der Waals surface area contributed by atoms with Gasteiger partial charge in [0.05, 0.1) is 4.90 Å². The van der Waals surface area contributed by atoms with E-state index < -0.39 is 15.6 Å². The maximum atomic E-state index is 12.5. The molecule has 1 unspecified atom stereocenters. The molecule has 6 heteroatoms. The number of aryl methyl sites for hydroxylation is 2. The van der Waals surface area contributed by atoms with Gasteiger partial charge in [-0.1, -0.05) is 17.7 Å². The van der Waals surface area contributed by atoms with Crippen LogP contribution in [0.1, 0.15) is 30.9 Å². The fourth-order valence-electron chi connectivity index (χ4n) is 2.47. The van der Waals surface area contributed by atoms with Crippen LogP contribution in [0, 0.1) is 19.8 Å². The molecule has 20 heavy (non-hydrogen) atoms. The van der Waals surface area contributed by atoms with Crippen LogP contribution in [-0.2, 0) is 10.0 Å². The highest BCUT2D eigenvalue weighted by molar-refractivity contribution is 7.89. The Morgan fingerprint density at radius 2 is 1.95 bits per heavy atom. The largest absolute Gasteiger partial charge is 0.329 e. The van der Waals surface area contributed by atoms with Gasteiger partial charge in [0.2, 0.25) is 10.0 Å². The van der Waals surface area contributed by atoms with E-state index >= 15 is 0 Å². The van der Waals surface area contributed by atoms with Crippen LogP contribution in [0.15, 0.2) is 23.1 Å². The summed E-state index contributed by atoms with van der Waals surface area (Å²) >= 11 is 0. The number of nitrogens with one attached hydrogen (secondary N) is 1. The summed E-state index contributed by atoms with van der Waals surface area (Å²) in [4.78, 5) is 0.346. The molecule has 114 valence electrons. The minimum atomic E-state index is -3.51. The van der Waals surface area contributed by atoms with E-state index in [-0.39, 0.29) is 12.4 Å². The summed E-state index contributed by atoms with van der Waals surface area (Å²) in [5, 5.41) is 0. The van der Waals surface area contributed by atoms with E-state index in [1.54, 1.807) is 6.07 Å². The van der Waals surface area contributed by atoms with Crippen molar-refractivity contribution in [2.45, 2.75) is 44.0 Å². The lowest BCUT2D eigenvalue weighted by molar-refractivity contribution is 0.374. The Hall–Kier alpha value is -0.620. The summed E-state index contributed by atoms with van der Waals surface area (Å²) < 4.78 is 27.8. The van der Waals surface area contributed by atoms with Crippen LogP contribution >= 0.6 is 12.4 Å². The van der Waals surface area contributed by atoms with Gasteiger partial charge in [0.15, 0.2) is 0 Å². The van der Waals surface area contributed by atoms with Gasteiger partial charge < -0.3 is 5.73 Å². The number of hydrogen-bond donors (Lipinski definition) is 2. The molecular formula is C14H23ClN2O2S. The van der Waals surface area contributed by atoms with Gasteiger partial charge in [0.25, 0.3) is 0 Å². The summed E-state index contributed by atoms with van der Waals surface area (Å²) in [6.45, 7) is 5.98. The molecule has 0 aliphatic heterocycles. The van der Waals surface area contributed by atoms with Crippen molar-refractivity contribution in [1.29, 1.82) is 0 Å². The van der Waals surface area contributed by atoms with Gasteiger partial charge in [-0.3, -0.25) is 0 Å². The minimum Gasteiger partial charge on any atom is -0.329 e. The molecule has 3 N–H and O–H groups in total. The Morgan fingerprint density at radius 3 is 2.40 bits per heavy atom. The van der Waals surface area contributed by atoms with Crippen molar-refractivity contribution in [2.75, 3.05) is 6.54 Å². The summed E-state index contributed by atoms with van der Waals surface area (Å²) in [6.07, 6.45) is 2.09. The molecule has 4 nitrogen and oxygen atoms in total. The zero-order chi connectivity index (χ0) is 14.3. The first-order chi connectivity index (χ1) is 8.78. The second-order valence-corrected chi connectivity index (χ2v) is 7.42. The highest BCUT2D eigenvalue weighted by Crippen LogP contribution is 2.39. The van der Waals surface area contributed by atoms with Crippen LogP contribution in [0.25, 0.3) is 0 Å². The van der Waals surface area contributed by atoms with Gasteiger partial charge in [-0.05, 0) is 51.2 Å². The lowest BCUT2D eigenvalue weighted by Gasteiger charge is -2.29. The van der Waals surface area contributed by atoms with Crippen molar-refractivity contribution >= 4 is 22.4 Å². The van der Waals surface area contributed by atoms with Crippen molar-refractivity contribution in [2.24, 2.45) is 11.7 Å². The zero-order valence-electron chi connectivity index (χ0n) is 12.1. The smallest absolute Gasteiger partial charge is 0.241 e. The van der Waals surface area contributed by atoms with E-state index in [1.165, 1.54) is 0 Å². The van der Waals surface area contributed by atoms with E-state index in [1.807, 2.05) is 32.9 Å². The quantitative estimate of drug-likeness (QED) is 0.873. The first-order valence-corrected chi connectivity index (χ1v) is 8.08. The summed E-state index contributed by atoms with van der Waals surface area (Å²) in [5.41, 5.74) is 7.06. The van der Waals surface area contributed by atoms with Gasteiger partial charge in [0.1, 0.15) is 0 Å². The number of sulfonamides is 1. The Labute approximate surface area is 127 Å². The van der Waals surface area contributed by atoms with Crippen LogP contribution in [0.2, 0.25) is 0 Å². The van der Waals surface area contributed by atoms with Crippen LogP contribution in [0.4, 0.5) is 0 Å². The second kappa shape index (κ2) is 6.02. The first kappa shape index (κ1) is 17.4. The zero-order valence-corrected chi connectivity index (χ0v) is 13.8. The molecule has 0 bridgehead atoms. The Morgan fingerprint density at radius 1 is 1.35 bits per heavy atom. The number of benzene rings is 1. The fourth-order valence-corrected chi connectivity index (χ4v) is 4.18. The third-order valence-corrected chi connectivity index (χ3v) is 5.66. The Bertz CT molecular complexity index is 585. The number of rotatable bonds is 5. The summed E-state index contributed by atoms with van der Waals surface area (Å²) in [6, 6.07) is 5.36. The van der Waals surface area contributed by atoms with E-state index in [0.717, 1.165) is 24.0 Å². The SMILES string of the molecule is Cc1ccc(S(=O)(=O)NC(C)(CN)C2CC2)c(C)c1.Cl. The van der Waals surface area contributed by atoms with Crippen molar-refractivity contribution in [3.05, 3.63) is 29.3 Å². The third kappa shape index (κ3) is 3.52. The average Bonchev–Trinajstić information content (AvgIpc) is 3.11. The minimum absolute atomic E-state index is 0. The van der Waals surface area contributed by atoms with E-state index in [4.69, 9.17) is 5.73 Å². The molecule has 2 rings (SSSR count). The second-order valence-electron chi connectivity index (χ2n) is 5.77. The molecule has 1 atom stereocenters. The summed E-state index contributed by atoms with van der Waals surface area (Å²) in [7, 11) is -3.51. The maximum absolute atomic E-state index is 12.5. The monoisotopic (exact) mass is 318 g/mol. The van der Waals surface area contributed by atoms with Gasteiger partial charge in [-0.2, -0.15) is 0 Å². The average molecular weight is 319 g/mol. The molecule has 1 aliphatic carbocycles. The van der Waals surface area contributed by atoms with Crippen molar-refractivity contribution in [1.82, 2.24) is 4.72 Å². The highest BCUT2D eigenvalue weighted by Gasteiger charge is 2.43. The predicted molar refractivity (Wildman–Crippen MR) is 83.7 cm³/mol. The Kier molecular flexibility index (Phi) is 5.24. The molecule has 0 amide bonds. The predicted octanol–water partition coefficient (Wildman–Crippen LogP) is 2.13. The molecular weight excluding hydrogens is 296 g/mol. The molecule has 0 aromatic heterocycles. The van der Waals surface area contributed by atoms with Crippen molar-refractivity contribution in [3.63, 3.8) is 0 Å².